The van der Waals surface area contributed by atoms with Crippen LogP contribution in [0.3, 0.4) is 0 Å². The number of hydrogen-bond acceptors (Lipinski definition) is 7. The number of ether oxygens (including phenoxy) is 1. The second kappa shape index (κ2) is 8.14. The first kappa shape index (κ1) is 15.2. The standard InChI is InChI=1S/C13H23N5OS/c1-3-6-14-11-15-12(17-13(16-11)19-4-2)18-7-5-9-20-10-8-18/h3-10H2,1-2H3,(H,14,15,16,17). The van der Waals surface area contributed by atoms with Crippen LogP contribution >= 0.6 is 11.8 Å². The van der Waals surface area contributed by atoms with Gasteiger partial charge in [0, 0.05) is 25.4 Å². The minimum Gasteiger partial charge on any atom is -0.464 e. The highest BCUT2D eigenvalue weighted by molar-refractivity contribution is 7.99. The lowest BCUT2D eigenvalue weighted by atomic mass is 10.4. The fraction of sp³-hybridized carbons (Fsp3) is 0.769. The molecule has 0 atom stereocenters. The Morgan fingerprint density at radius 3 is 2.90 bits per heavy atom. The Kier molecular flexibility index (Phi) is 6.17. The van der Waals surface area contributed by atoms with Crippen LogP contribution in [0.15, 0.2) is 0 Å². The van der Waals surface area contributed by atoms with Gasteiger partial charge in [0.1, 0.15) is 0 Å². The normalized spacial score (nSPS) is 15.8. The zero-order valence-electron chi connectivity index (χ0n) is 12.3. The van der Waals surface area contributed by atoms with E-state index in [2.05, 4.69) is 32.1 Å². The Hall–Kier alpha value is -1.24. The molecule has 2 heterocycles. The largest absolute Gasteiger partial charge is 0.464 e. The summed E-state index contributed by atoms with van der Waals surface area (Å²) < 4.78 is 5.46. The van der Waals surface area contributed by atoms with Crippen LogP contribution in [0.4, 0.5) is 11.9 Å². The molecule has 1 aliphatic heterocycles. The number of nitrogens with zero attached hydrogens (tertiary/aromatic N) is 4. The Balaban J connectivity index is 2.17. The SMILES string of the molecule is CCCNc1nc(OCC)nc(N2CCCSCC2)n1. The molecular weight excluding hydrogens is 274 g/mol. The smallest absolute Gasteiger partial charge is 0.323 e. The first-order valence-electron chi connectivity index (χ1n) is 7.29. The average molecular weight is 297 g/mol. The highest BCUT2D eigenvalue weighted by Crippen LogP contribution is 2.19. The number of rotatable bonds is 6. The van der Waals surface area contributed by atoms with E-state index >= 15 is 0 Å². The minimum atomic E-state index is 0.410. The van der Waals surface area contributed by atoms with Crippen molar-refractivity contribution < 1.29 is 4.74 Å². The lowest BCUT2D eigenvalue weighted by Crippen LogP contribution is -2.28. The molecule has 0 spiro atoms. The van der Waals surface area contributed by atoms with Crippen molar-refractivity contribution in [3.05, 3.63) is 0 Å². The third-order valence-corrected chi connectivity index (χ3v) is 3.96. The number of anilines is 2. The van der Waals surface area contributed by atoms with Gasteiger partial charge in [-0.3, -0.25) is 0 Å². The Morgan fingerprint density at radius 2 is 2.10 bits per heavy atom. The second-order valence-corrected chi connectivity index (χ2v) is 5.78. The summed E-state index contributed by atoms with van der Waals surface area (Å²) in [4.78, 5) is 15.5. The van der Waals surface area contributed by atoms with E-state index in [1.165, 1.54) is 5.75 Å². The van der Waals surface area contributed by atoms with Crippen LogP contribution in [0.5, 0.6) is 6.01 Å². The third-order valence-electron chi connectivity index (χ3n) is 2.91. The van der Waals surface area contributed by atoms with Crippen LogP contribution in [-0.4, -0.2) is 52.7 Å². The Morgan fingerprint density at radius 1 is 1.20 bits per heavy atom. The second-order valence-electron chi connectivity index (χ2n) is 4.55. The molecule has 0 amide bonds. The van der Waals surface area contributed by atoms with Crippen molar-refractivity contribution in [3.63, 3.8) is 0 Å². The minimum absolute atomic E-state index is 0.410. The molecule has 0 saturated carbocycles. The summed E-state index contributed by atoms with van der Waals surface area (Å²) in [6, 6.07) is 0.410. The van der Waals surface area contributed by atoms with Crippen molar-refractivity contribution in [2.75, 3.05) is 48.0 Å². The van der Waals surface area contributed by atoms with Crippen LogP contribution in [0.1, 0.15) is 26.7 Å². The molecular formula is C13H23N5OS. The van der Waals surface area contributed by atoms with Gasteiger partial charge < -0.3 is 15.0 Å². The topological polar surface area (TPSA) is 63.2 Å². The quantitative estimate of drug-likeness (QED) is 0.862. The van der Waals surface area contributed by atoms with Gasteiger partial charge in [0.05, 0.1) is 6.61 Å². The number of hydrogen-bond donors (Lipinski definition) is 1. The summed E-state index contributed by atoms with van der Waals surface area (Å²) in [5.74, 6) is 3.66. The van der Waals surface area contributed by atoms with E-state index in [9.17, 15) is 0 Å². The maximum absolute atomic E-state index is 5.46. The van der Waals surface area contributed by atoms with Gasteiger partial charge in [-0.1, -0.05) is 6.92 Å². The van der Waals surface area contributed by atoms with E-state index in [1.807, 2.05) is 18.7 Å². The van der Waals surface area contributed by atoms with E-state index < -0.39 is 0 Å². The van der Waals surface area contributed by atoms with E-state index in [0.29, 0.717) is 18.6 Å². The van der Waals surface area contributed by atoms with E-state index in [0.717, 1.165) is 44.2 Å². The molecule has 1 fully saturated rings. The molecule has 112 valence electrons. The van der Waals surface area contributed by atoms with Gasteiger partial charge in [-0.2, -0.15) is 26.7 Å². The van der Waals surface area contributed by atoms with Gasteiger partial charge in [-0.25, -0.2) is 0 Å². The van der Waals surface area contributed by atoms with Crippen LogP contribution in [0.25, 0.3) is 0 Å². The maximum Gasteiger partial charge on any atom is 0.323 e. The molecule has 0 unspecified atom stereocenters. The van der Waals surface area contributed by atoms with Gasteiger partial charge in [0.2, 0.25) is 11.9 Å². The van der Waals surface area contributed by atoms with E-state index in [1.54, 1.807) is 0 Å². The van der Waals surface area contributed by atoms with Crippen molar-refractivity contribution in [1.29, 1.82) is 0 Å². The molecule has 1 N–H and O–H groups in total. The summed E-state index contributed by atoms with van der Waals surface area (Å²) in [6.45, 7) is 7.44. The summed E-state index contributed by atoms with van der Waals surface area (Å²) >= 11 is 1.99. The molecule has 1 aliphatic rings. The van der Waals surface area contributed by atoms with Crippen LogP contribution < -0.4 is 15.0 Å². The molecule has 0 radical (unpaired) electrons. The van der Waals surface area contributed by atoms with Gasteiger partial charge in [0.15, 0.2) is 0 Å². The number of nitrogens with one attached hydrogen (secondary N) is 1. The first-order valence-corrected chi connectivity index (χ1v) is 8.44. The van der Waals surface area contributed by atoms with Gasteiger partial charge in [-0.05, 0) is 25.5 Å². The van der Waals surface area contributed by atoms with Crippen LogP contribution in [0, 0.1) is 0 Å². The zero-order chi connectivity index (χ0) is 14.2. The number of thioether (sulfide) groups is 1. The molecule has 1 saturated heterocycles. The molecule has 0 aromatic carbocycles. The van der Waals surface area contributed by atoms with Crippen LogP contribution in [-0.2, 0) is 0 Å². The van der Waals surface area contributed by atoms with Crippen molar-refractivity contribution in [2.45, 2.75) is 26.7 Å². The molecule has 20 heavy (non-hydrogen) atoms. The van der Waals surface area contributed by atoms with Gasteiger partial charge in [-0.15, -0.1) is 0 Å². The van der Waals surface area contributed by atoms with E-state index in [4.69, 9.17) is 4.74 Å². The highest BCUT2D eigenvalue weighted by atomic mass is 32.2. The van der Waals surface area contributed by atoms with Crippen LogP contribution in [0.2, 0.25) is 0 Å². The molecule has 0 aliphatic carbocycles. The number of aromatic nitrogens is 3. The Bertz CT molecular complexity index is 410. The van der Waals surface area contributed by atoms with Crippen molar-refractivity contribution in [2.24, 2.45) is 0 Å². The molecule has 1 aromatic heterocycles. The predicted octanol–water partition coefficient (Wildman–Crippen LogP) is 2.04. The predicted molar refractivity (Wildman–Crippen MR) is 83.9 cm³/mol. The van der Waals surface area contributed by atoms with Crippen molar-refractivity contribution in [1.82, 2.24) is 15.0 Å². The van der Waals surface area contributed by atoms with Gasteiger partial charge in [0.25, 0.3) is 0 Å². The highest BCUT2D eigenvalue weighted by Gasteiger charge is 2.15. The summed E-state index contributed by atoms with van der Waals surface area (Å²) in [5.41, 5.74) is 0. The monoisotopic (exact) mass is 297 g/mol. The average Bonchev–Trinajstić information content (AvgIpc) is 2.74. The lowest BCUT2D eigenvalue weighted by Gasteiger charge is -2.20. The molecule has 0 bridgehead atoms. The zero-order valence-corrected chi connectivity index (χ0v) is 13.1. The van der Waals surface area contributed by atoms with Crippen molar-refractivity contribution in [3.8, 4) is 6.01 Å². The summed E-state index contributed by atoms with van der Waals surface area (Å²) in [5, 5.41) is 3.21. The summed E-state index contributed by atoms with van der Waals surface area (Å²) in [7, 11) is 0. The molecule has 7 heteroatoms. The molecule has 2 rings (SSSR count). The summed E-state index contributed by atoms with van der Waals surface area (Å²) in [6.07, 6.45) is 2.20. The Labute approximate surface area is 124 Å². The molecule has 6 nitrogen and oxygen atoms in total. The lowest BCUT2D eigenvalue weighted by molar-refractivity contribution is 0.312. The fourth-order valence-electron chi connectivity index (χ4n) is 1.94. The fourth-order valence-corrected chi connectivity index (χ4v) is 2.83. The first-order chi connectivity index (χ1) is 9.83. The maximum atomic E-state index is 5.46. The van der Waals surface area contributed by atoms with Crippen molar-refractivity contribution >= 4 is 23.7 Å². The van der Waals surface area contributed by atoms with Gasteiger partial charge >= 0.3 is 6.01 Å². The third kappa shape index (κ3) is 4.40. The van der Waals surface area contributed by atoms with E-state index in [-0.39, 0.29) is 0 Å². The molecule has 1 aromatic rings.